The van der Waals surface area contributed by atoms with Gasteiger partial charge in [0.2, 0.25) is 0 Å². The molecule has 4 nitrogen and oxygen atoms in total. The van der Waals surface area contributed by atoms with Crippen molar-refractivity contribution in [1.29, 1.82) is 0 Å². The third-order valence-corrected chi connectivity index (χ3v) is 1.46. The zero-order chi connectivity index (χ0) is 9.94. The molecule has 0 N–H and O–H groups in total. The number of carboxylic acids is 1. The Hall–Kier alpha value is 1.03. The molecule has 0 heterocycles. The molecule has 0 fully saturated rings. The molecular weight excluding hydrogens is 211 g/mol. The van der Waals surface area contributed by atoms with Gasteiger partial charge in [0.1, 0.15) is 0 Å². The number of rotatable bonds is 9. The van der Waals surface area contributed by atoms with Crippen molar-refractivity contribution < 1.29 is 70.8 Å². The van der Waals surface area contributed by atoms with Crippen molar-refractivity contribution in [3.8, 4) is 0 Å². The van der Waals surface area contributed by atoms with E-state index in [1.807, 2.05) is 0 Å². The summed E-state index contributed by atoms with van der Waals surface area (Å²) in [7, 11) is 0. The molecule has 0 saturated heterocycles. The number of carbonyl (C=O) groups excluding carboxylic acids is 1. The second kappa shape index (κ2) is 14.0. The largest absolute Gasteiger partial charge is 1.00 e. The van der Waals surface area contributed by atoms with Crippen molar-refractivity contribution in [2.24, 2.45) is 0 Å². The van der Waals surface area contributed by atoms with Crippen LogP contribution < -0.4 is 56.5 Å². The zero-order valence-electron chi connectivity index (χ0n) is 9.08. The summed E-state index contributed by atoms with van der Waals surface area (Å²) in [6, 6.07) is 0. The predicted molar refractivity (Wildman–Crippen MR) is 46.2 cm³/mol. The third-order valence-electron chi connectivity index (χ3n) is 1.46. The Morgan fingerprint density at radius 3 is 2.21 bits per heavy atom. The maximum Gasteiger partial charge on any atom is 1.00 e. The van der Waals surface area contributed by atoms with Crippen molar-refractivity contribution in [2.75, 3.05) is 26.4 Å². The summed E-state index contributed by atoms with van der Waals surface area (Å²) < 4.78 is 10.2. The van der Waals surface area contributed by atoms with Gasteiger partial charge < -0.3 is 19.4 Å². The monoisotopic (exact) mass is 228 g/mol. The molecule has 5 heteroatoms. The van der Waals surface area contributed by atoms with Crippen LogP contribution in [0, 0.1) is 0 Å². The molecule has 0 aromatic carbocycles. The standard InChI is InChI=1S/C9H18O4.K/c1-2-3-5-12-7-8-13-6-4-9(10)11;/h2-8H2,1H3,(H,10,11);/q;+1/p-1. The summed E-state index contributed by atoms with van der Waals surface area (Å²) >= 11 is 0. The second-order valence-corrected chi connectivity index (χ2v) is 2.70. The maximum absolute atomic E-state index is 9.95. The van der Waals surface area contributed by atoms with Gasteiger partial charge in [0.05, 0.1) is 19.8 Å². The van der Waals surface area contributed by atoms with Crippen LogP contribution in [0.4, 0.5) is 0 Å². The van der Waals surface area contributed by atoms with Crippen molar-refractivity contribution in [3.63, 3.8) is 0 Å². The Balaban J connectivity index is 0. The number of ether oxygens (including phenoxy) is 2. The number of unbranched alkanes of at least 4 members (excludes halogenated alkanes) is 1. The van der Waals surface area contributed by atoms with E-state index in [-0.39, 0.29) is 64.4 Å². The van der Waals surface area contributed by atoms with Gasteiger partial charge in [-0.05, 0) is 6.42 Å². The summed E-state index contributed by atoms with van der Waals surface area (Å²) in [6.07, 6.45) is 2.12. The maximum atomic E-state index is 9.95. The normalized spacial score (nSPS) is 9.50. The van der Waals surface area contributed by atoms with Gasteiger partial charge in [0, 0.05) is 19.0 Å². The minimum atomic E-state index is -1.08. The van der Waals surface area contributed by atoms with Crippen molar-refractivity contribution in [1.82, 2.24) is 0 Å². The zero-order valence-corrected chi connectivity index (χ0v) is 12.2. The van der Waals surface area contributed by atoms with Gasteiger partial charge in [0.15, 0.2) is 0 Å². The fourth-order valence-electron chi connectivity index (χ4n) is 0.724. The van der Waals surface area contributed by atoms with Crippen molar-refractivity contribution >= 4 is 5.97 Å². The molecule has 0 bridgehead atoms. The van der Waals surface area contributed by atoms with Crippen molar-refractivity contribution in [3.05, 3.63) is 0 Å². The molecule has 0 aliphatic carbocycles. The molecule has 0 atom stereocenters. The van der Waals surface area contributed by atoms with Gasteiger partial charge in [-0.2, -0.15) is 0 Å². The number of hydrogen-bond acceptors (Lipinski definition) is 4. The van der Waals surface area contributed by atoms with Crippen LogP contribution >= 0.6 is 0 Å². The Bertz CT molecular complexity index is 130. The fourth-order valence-corrected chi connectivity index (χ4v) is 0.724. The molecule has 0 aromatic rings. The van der Waals surface area contributed by atoms with Crippen LogP contribution in [0.15, 0.2) is 0 Å². The van der Waals surface area contributed by atoms with Gasteiger partial charge in [0.25, 0.3) is 0 Å². The van der Waals surface area contributed by atoms with Crippen molar-refractivity contribution in [2.45, 2.75) is 26.2 Å². The summed E-state index contributed by atoms with van der Waals surface area (Å²) in [5, 5.41) is 9.95. The van der Waals surface area contributed by atoms with E-state index in [1.54, 1.807) is 0 Å². The smallest absolute Gasteiger partial charge is 0.550 e. The van der Waals surface area contributed by atoms with Crippen LogP contribution in [-0.4, -0.2) is 32.4 Å². The summed E-state index contributed by atoms with van der Waals surface area (Å²) in [5.74, 6) is -1.08. The Labute approximate surface area is 128 Å². The average molecular weight is 228 g/mol. The van der Waals surface area contributed by atoms with E-state index in [2.05, 4.69) is 6.92 Å². The summed E-state index contributed by atoms with van der Waals surface area (Å²) in [5.41, 5.74) is 0. The molecule has 14 heavy (non-hydrogen) atoms. The quantitative estimate of drug-likeness (QED) is 0.311. The first-order valence-corrected chi connectivity index (χ1v) is 4.62. The average Bonchev–Trinajstić information content (AvgIpc) is 2.09. The van der Waals surface area contributed by atoms with E-state index in [0.29, 0.717) is 13.2 Å². The number of carboxylic acid groups (broad SMARTS) is 1. The first-order chi connectivity index (χ1) is 6.27. The summed E-state index contributed by atoms with van der Waals surface area (Å²) in [4.78, 5) is 9.95. The molecule has 0 amide bonds. The first-order valence-electron chi connectivity index (χ1n) is 4.62. The molecular formula is C9H17KO4. The van der Waals surface area contributed by atoms with E-state index in [1.165, 1.54) is 0 Å². The Morgan fingerprint density at radius 2 is 1.71 bits per heavy atom. The molecule has 0 spiro atoms. The Morgan fingerprint density at radius 1 is 1.14 bits per heavy atom. The van der Waals surface area contributed by atoms with Crippen LogP contribution in [0.2, 0.25) is 0 Å². The van der Waals surface area contributed by atoms with E-state index in [0.717, 1.165) is 19.4 Å². The first kappa shape index (κ1) is 17.4. The topological polar surface area (TPSA) is 58.6 Å². The van der Waals surface area contributed by atoms with Gasteiger partial charge >= 0.3 is 51.4 Å². The van der Waals surface area contributed by atoms with Gasteiger partial charge in [-0.1, -0.05) is 13.3 Å². The van der Waals surface area contributed by atoms with Crippen LogP contribution in [-0.2, 0) is 14.3 Å². The molecule has 0 aliphatic heterocycles. The number of carbonyl (C=O) groups is 1. The Kier molecular flexibility index (Phi) is 17.5. The molecule has 0 rings (SSSR count). The van der Waals surface area contributed by atoms with Crippen LogP contribution in [0.5, 0.6) is 0 Å². The van der Waals surface area contributed by atoms with Gasteiger partial charge in [-0.3, -0.25) is 0 Å². The SMILES string of the molecule is CCCCOCCOCCC(=O)[O-].[K+]. The molecule has 0 radical (unpaired) electrons. The van der Waals surface area contributed by atoms with Gasteiger partial charge in [-0.15, -0.1) is 0 Å². The van der Waals surface area contributed by atoms with Crippen LogP contribution in [0.1, 0.15) is 26.2 Å². The van der Waals surface area contributed by atoms with Gasteiger partial charge in [-0.25, -0.2) is 0 Å². The predicted octanol–water partition coefficient (Wildman–Crippen LogP) is -3.04. The van der Waals surface area contributed by atoms with E-state index in [4.69, 9.17) is 9.47 Å². The minimum absolute atomic E-state index is 0. The number of aliphatic carboxylic acids is 1. The van der Waals surface area contributed by atoms with Crippen LogP contribution in [0.3, 0.4) is 0 Å². The minimum Gasteiger partial charge on any atom is -0.550 e. The third kappa shape index (κ3) is 15.5. The van der Waals surface area contributed by atoms with E-state index in [9.17, 15) is 9.90 Å². The number of hydrogen-bond donors (Lipinski definition) is 0. The molecule has 78 valence electrons. The molecule has 0 aliphatic rings. The van der Waals surface area contributed by atoms with Crippen LogP contribution in [0.25, 0.3) is 0 Å². The fraction of sp³-hybridized carbons (Fsp3) is 0.889. The molecule has 0 unspecified atom stereocenters. The molecule has 0 saturated carbocycles. The second-order valence-electron chi connectivity index (χ2n) is 2.70. The molecule has 0 aromatic heterocycles. The summed E-state index contributed by atoms with van der Waals surface area (Å²) in [6.45, 7) is 4.05. The van der Waals surface area contributed by atoms with E-state index >= 15 is 0 Å². The van der Waals surface area contributed by atoms with E-state index < -0.39 is 5.97 Å².